The van der Waals surface area contributed by atoms with Crippen LogP contribution in [0, 0.1) is 0 Å². The molecule has 0 radical (unpaired) electrons. The van der Waals surface area contributed by atoms with Crippen LogP contribution in [0.3, 0.4) is 0 Å². The Hall–Kier alpha value is -0.710. The average Bonchev–Trinajstić information content (AvgIpc) is 2.71. The van der Waals surface area contributed by atoms with E-state index in [-0.39, 0.29) is 0 Å². The maximum atomic E-state index is 6.13. The highest BCUT2D eigenvalue weighted by molar-refractivity contribution is 9.10. The lowest BCUT2D eigenvalue weighted by molar-refractivity contribution is 0.813. The summed E-state index contributed by atoms with van der Waals surface area (Å²) in [7, 11) is 1.94. The summed E-state index contributed by atoms with van der Waals surface area (Å²) in [5.41, 5.74) is 0.794. The molecule has 0 aliphatic carbocycles. The minimum atomic E-state index is 0.509. The van der Waals surface area contributed by atoms with Crippen LogP contribution < -0.4 is 5.32 Å². The van der Waals surface area contributed by atoms with Gasteiger partial charge in [0.25, 0.3) is 0 Å². The molecule has 0 fully saturated rings. The van der Waals surface area contributed by atoms with E-state index in [1.807, 2.05) is 29.9 Å². The van der Waals surface area contributed by atoms with Gasteiger partial charge in [-0.1, -0.05) is 23.2 Å². The summed E-state index contributed by atoms with van der Waals surface area (Å²) in [5.74, 6) is 0.931. The topological polar surface area (TPSA) is 29.9 Å². The number of hydrogen-bond donors (Lipinski definition) is 1. The Morgan fingerprint density at radius 1 is 1.35 bits per heavy atom. The number of aryl methyl sites for hydroxylation is 1. The zero-order valence-corrected chi connectivity index (χ0v) is 12.1. The first kappa shape index (κ1) is 12.7. The van der Waals surface area contributed by atoms with Crippen molar-refractivity contribution in [3.05, 3.63) is 44.9 Å². The molecular formula is C11H10BrCl2N3. The molecule has 0 unspecified atom stereocenters. The van der Waals surface area contributed by atoms with Crippen LogP contribution in [-0.4, -0.2) is 9.55 Å². The standard InChI is InChI=1S/C11H10BrCl2N3/c1-17-5-4-15-9(17)6-16-8-3-2-7(12)10(13)11(8)14/h2-5,16H,6H2,1H3. The van der Waals surface area contributed by atoms with E-state index in [1.165, 1.54) is 0 Å². The van der Waals surface area contributed by atoms with Crippen LogP contribution in [0.2, 0.25) is 10.0 Å². The third-order valence-corrected chi connectivity index (χ3v) is 4.16. The van der Waals surface area contributed by atoms with Crippen molar-refractivity contribution >= 4 is 44.8 Å². The van der Waals surface area contributed by atoms with E-state index in [0.717, 1.165) is 16.0 Å². The van der Waals surface area contributed by atoms with Gasteiger partial charge in [0, 0.05) is 23.9 Å². The fourth-order valence-corrected chi connectivity index (χ4v) is 2.24. The lowest BCUT2D eigenvalue weighted by Gasteiger charge is -2.10. The molecule has 1 heterocycles. The maximum Gasteiger partial charge on any atom is 0.127 e. The highest BCUT2D eigenvalue weighted by Gasteiger charge is 2.08. The van der Waals surface area contributed by atoms with Crippen LogP contribution in [0.25, 0.3) is 0 Å². The number of nitrogens with zero attached hydrogens (tertiary/aromatic N) is 2. The van der Waals surface area contributed by atoms with E-state index < -0.39 is 0 Å². The third-order valence-electron chi connectivity index (χ3n) is 2.39. The summed E-state index contributed by atoms with van der Waals surface area (Å²) in [5, 5.41) is 4.22. The molecule has 1 aromatic carbocycles. The molecule has 0 atom stereocenters. The molecule has 2 aromatic rings. The van der Waals surface area contributed by atoms with Gasteiger partial charge in [0.15, 0.2) is 0 Å². The summed E-state index contributed by atoms with van der Waals surface area (Å²) in [6.45, 7) is 0.598. The number of nitrogens with one attached hydrogen (secondary N) is 1. The molecule has 90 valence electrons. The van der Waals surface area contributed by atoms with Gasteiger partial charge in [-0.2, -0.15) is 0 Å². The summed E-state index contributed by atoms with van der Waals surface area (Å²) in [6, 6.07) is 3.73. The Morgan fingerprint density at radius 2 is 2.12 bits per heavy atom. The minimum absolute atomic E-state index is 0.509. The Morgan fingerprint density at radius 3 is 2.76 bits per heavy atom. The number of imidazole rings is 1. The van der Waals surface area contributed by atoms with Gasteiger partial charge in [-0.05, 0) is 28.1 Å². The molecule has 17 heavy (non-hydrogen) atoms. The third kappa shape index (κ3) is 2.76. The number of halogens is 3. The van der Waals surface area contributed by atoms with Crippen molar-refractivity contribution in [2.45, 2.75) is 6.54 Å². The van der Waals surface area contributed by atoms with Gasteiger partial charge >= 0.3 is 0 Å². The summed E-state index contributed by atoms with van der Waals surface area (Å²) >= 11 is 15.5. The van der Waals surface area contributed by atoms with Crippen LogP contribution in [0.4, 0.5) is 5.69 Å². The highest BCUT2D eigenvalue weighted by atomic mass is 79.9. The molecule has 3 nitrogen and oxygen atoms in total. The van der Waals surface area contributed by atoms with E-state index in [2.05, 4.69) is 26.2 Å². The highest BCUT2D eigenvalue weighted by Crippen LogP contribution is 2.35. The van der Waals surface area contributed by atoms with Crippen LogP contribution in [0.5, 0.6) is 0 Å². The average molecular weight is 335 g/mol. The molecule has 0 aliphatic heterocycles. The van der Waals surface area contributed by atoms with Gasteiger partial charge in [0.05, 0.1) is 22.3 Å². The van der Waals surface area contributed by atoms with E-state index in [4.69, 9.17) is 23.2 Å². The van der Waals surface area contributed by atoms with Gasteiger partial charge in [-0.15, -0.1) is 0 Å². The minimum Gasteiger partial charge on any atom is -0.377 e. The molecule has 0 spiro atoms. The predicted octanol–water partition coefficient (Wildman–Crippen LogP) is 4.10. The number of benzene rings is 1. The van der Waals surface area contributed by atoms with Gasteiger partial charge in [0.1, 0.15) is 5.82 Å². The van der Waals surface area contributed by atoms with Crippen molar-refractivity contribution < 1.29 is 0 Å². The smallest absolute Gasteiger partial charge is 0.127 e. The van der Waals surface area contributed by atoms with E-state index in [9.17, 15) is 0 Å². The predicted molar refractivity (Wildman–Crippen MR) is 74.7 cm³/mol. The van der Waals surface area contributed by atoms with Crippen molar-refractivity contribution in [1.29, 1.82) is 0 Å². The van der Waals surface area contributed by atoms with Crippen molar-refractivity contribution in [2.24, 2.45) is 7.05 Å². The van der Waals surface area contributed by atoms with E-state index in [0.29, 0.717) is 16.6 Å². The fourth-order valence-electron chi connectivity index (χ4n) is 1.40. The molecular weight excluding hydrogens is 325 g/mol. The first-order chi connectivity index (χ1) is 8.09. The maximum absolute atomic E-state index is 6.13. The number of hydrogen-bond acceptors (Lipinski definition) is 2. The first-order valence-electron chi connectivity index (χ1n) is 4.93. The monoisotopic (exact) mass is 333 g/mol. The number of aromatic nitrogens is 2. The molecule has 0 saturated carbocycles. The van der Waals surface area contributed by atoms with Crippen molar-refractivity contribution in [3.63, 3.8) is 0 Å². The van der Waals surface area contributed by atoms with Gasteiger partial charge < -0.3 is 9.88 Å². The quantitative estimate of drug-likeness (QED) is 0.856. The molecule has 0 amide bonds. The Labute approximate surface area is 118 Å². The van der Waals surface area contributed by atoms with Crippen LogP contribution in [0.1, 0.15) is 5.82 Å². The van der Waals surface area contributed by atoms with Crippen molar-refractivity contribution in [2.75, 3.05) is 5.32 Å². The van der Waals surface area contributed by atoms with Crippen molar-refractivity contribution in [1.82, 2.24) is 9.55 Å². The van der Waals surface area contributed by atoms with E-state index >= 15 is 0 Å². The SMILES string of the molecule is Cn1ccnc1CNc1ccc(Br)c(Cl)c1Cl. The van der Waals surface area contributed by atoms with Gasteiger partial charge in [-0.25, -0.2) is 4.98 Å². The number of rotatable bonds is 3. The second kappa shape index (κ2) is 5.29. The molecule has 6 heteroatoms. The Bertz CT molecular complexity index is 540. The first-order valence-corrected chi connectivity index (χ1v) is 6.48. The molecule has 0 saturated heterocycles. The molecule has 0 aliphatic rings. The van der Waals surface area contributed by atoms with E-state index in [1.54, 1.807) is 6.20 Å². The molecule has 2 rings (SSSR count). The largest absolute Gasteiger partial charge is 0.377 e. The normalized spacial score (nSPS) is 10.6. The van der Waals surface area contributed by atoms with Gasteiger partial charge in [-0.3, -0.25) is 0 Å². The fraction of sp³-hybridized carbons (Fsp3) is 0.182. The summed E-state index contributed by atoms with van der Waals surface area (Å²) < 4.78 is 2.73. The van der Waals surface area contributed by atoms with Gasteiger partial charge in [0.2, 0.25) is 0 Å². The lowest BCUT2D eigenvalue weighted by atomic mass is 10.3. The summed E-state index contributed by atoms with van der Waals surface area (Å²) in [6.07, 6.45) is 3.65. The second-order valence-corrected chi connectivity index (χ2v) is 5.14. The summed E-state index contributed by atoms with van der Waals surface area (Å²) in [4.78, 5) is 4.22. The molecule has 1 N–H and O–H groups in total. The molecule has 1 aromatic heterocycles. The zero-order valence-electron chi connectivity index (χ0n) is 9.04. The second-order valence-electron chi connectivity index (χ2n) is 3.53. The zero-order chi connectivity index (χ0) is 12.4. The number of anilines is 1. The van der Waals surface area contributed by atoms with Crippen LogP contribution in [0.15, 0.2) is 29.0 Å². The van der Waals surface area contributed by atoms with Crippen molar-refractivity contribution in [3.8, 4) is 0 Å². The van der Waals surface area contributed by atoms with Crippen LogP contribution in [-0.2, 0) is 13.6 Å². The lowest BCUT2D eigenvalue weighted by Crippen LogP contribution is -2.06. The Kier molecular flexibility index (Phi) is 3.97. The molecule has 0 bridgehead atoms. The van der Waals surface area contributed by atoms with Crippen LogP contribution >= 0.6 is 39.1 Å². The Balaban J connectivity index is 2.15.